The first-order valence-corrected chi connectivity index (χ1v) is 8.86. The van der Waals surface area contributed by atoms with E-state index in [-0.39, 0.29) is 11.7 Å². The van der Waals surface area contributed by atoms with Crippen LogP contribution in [0.2, 0.25) is 0 Å². The summed E-state index contributed by atoms with van der Waals surface area (Å²) < 4.78 is 10.4. The minimum Gasteiger partial charge on any atom is -0.493 e. The van der Waals surface area contributed by atoms with Gasteiger partial charge in [0.05, 0.1) is 14.2 Å². The number of ketones is 1. The third-order valence-electron chi connectivity index (χ3n) is 4.19. The molecule has 6 nitrogen and oxygen atoms in total. The van der Waals surface area contributed by atoms with Gasteiger partial charge in [0.15, 0.2) is 17.3 Å². The van der Waals surface area contributed by atoms with Crippen LogP contribution in [0.4, 0.5) is 5.69 Å². The molecule has 1 N–H and O–H groups in total. The highest BCUT2D eigenvalue weighted by molar-refractivity contribution is 6.09. The molecule has 146 valence electrons. The molecular formula is C23H20N2O4. The second kappa shape index (κ2) is 9.32. The van der Waals surface area contributed by atoms with Crippen molar-refractivity contribution in [1.29, 1.82) is 0 Å². The Morgan fingerprint density at radius 2 is 1.52 bits per heavy atom. The Balaban J connectivity index is 1.64. The molecule has 1 aromatic heterocycles. The largest absolute Gasteiger partial charge is 0.493 e. The van der Waals surface area contributed by atoms with Gasteiger partial charge in [0.2, 0.25) is 5.91 Å². The fourth-order valence-electron chi connectivity index (χ4n) is 2.69. The van der Waals surface area contributed by atoms with Crippen molar-refractivity contribution in [2.75, 3.05) is 19.5 Å². The van der Waals surface area contributed by atoms with E-state index in [0.29, 0.717) is 28.3 Å². The molecule has 6 heteroatoms. The first kappa shape index (κ1) is 19.8. The van der Waals surface area contributed by atoms with Crippen molar-refractivity contribution in [1.82, 2.24) is 4.98 Å². The molecule has 0 fully saturated rings. The monoisotopic (exact) mass is 388 g/mol. The molecule has 1 heterocycles. The van der Waals surface area contributed by atoms with Crippen molar-refractivity contribution in [3.63, 3.8) is 0 Å². The van der Waals surface area contributed by atoms with Crippen LogP contribution in [0.15, 0.2) is 73.1 Å². The van der Waals surface area contributed by atoms with Gasteiger partial charge in [-0.15, -0.1) is 0 Å². The zero-order valence-corrected chi connectivity index (χ0v) is 16.1. The molecular weight excluding hydrogens is 368 g/mol. The van der Waals surface area contributed by atoms with E-state index in [2.05, 4.69) is 10.3 Å². The van der Waals surface area contributed by atoms with Gasteiger partial charge in [-0.3, -0.25) is 14.6 Å². The Hall–Kier alpha value is -3.93. The molecule has 0 bridgehead atoms. The van der Waals surface area contributed by atoms with Crippen LogP contribution >= 0.6 is 0 Å². The first-order chi connectivity index (χ1) is 14.1. The topological polar surface area (TPSA) is 77.5 Å². The van der Waals surface area contributed by atoms with E-state index in [4.69, 9.17) is 9.47 Å². The number of amides is 1. The lowest BCUT2D eigenvalue weighted by Gasteiger charge is -2.07. The number of nitrogens with one attached hydrogen (secondary N) is 1. The van der Waals surface area contributed by atoms with Gasteiger partial charge in [0.1, 0.15) is 0 Å². The van der Waals surface area contributed by atoms with Gasteiger partial charge in [0, 0.05) is 35.3 Å². The zero-order chi connectivity index (χ0) is 20.6. The molecule has 2 aromatic carbocycles. The fourth-order valence-corrected chi connectivity index (χ4v) is 2.69. The Bertz CT molecular complexity index is 1030. The Morgan fingerprint density at radius 3 is 2.17 bits per heavy atom. The normalized spacial score (nSPS) is 10.6. The highest BCUT2D eigenvalue weighted by Gasteiger charge is 2.09. The van der Waals surface area contributed by atoms with Gasteiger partial charge >= 0.3 is 0 Å². The minimum absolute atomic E-state index is 0.0985. The average Bonchev–Trinajstić information content (AvgIpc) is 2.78. The molecule has 0 saturated heterocycles. The van der Waals surface area contributed by atoms with E-state index >= 15 is 0 Å². The third kappa shape index (κ3) is 5.07. The van der Waals surface area contributed by atoms with E-state index in [1.54, 1.807) is 81.2 Å². The molecule has 1 amide bonds. The number of pyridine rings is 1. The summed E-state index contributed by atoms with van der Waals surface area (Å²) in [6.07, 6.45) is 6.26. The quantitative estimate of drug-likeness (QED) is 0.489. The number of hydrogen-bond acceptors (Lipinski definition) is 5. The Morgan fingerprint density at radius 1 is 0.862 bits per heavy atom. The summed E-state index contributed by atoms with van der Waals surface area (Å²) in [4.78, 5) is 28.5. The highest BCUT2D eigenvalue weighted by atomic mass is 16.5. The van der Waals surface area contributed by atoms with E-state index in [0.717, 1.165) is 5.56 Å². The molecule has 0 aliphatic rings. The number of rotatable bonds is 7. The summed E-state index contributed by atoms with van der Waals surface area (Å²) in [5, 5.41) is 2.77. The maximum absolute atomic E-state index is 12.4. The Kier molecular flexibility index (Phi) is 6.37. The average molecular weight is 388 g/mol. The lowest BCUT2D eigenvalue weighted by Crippen LogP contribution is -2.08. The van der Waals surface area contributed by atoms with Gasteiger partial charge < -0.3 is 14.8 Å². The number of carbonyl (C=O) groups excluding carboxylic acids is 2. The molecule has 0 saturated carbocycles. The van der Waals surface area contributed by atoms with Crippen molar-refractivity contribution >= 4 is 23.5 Å². The first-order valence-electron chi connectivity index (χ1n) is 8.86. The number of aromatic nitrogens is 1. The number of nitrogens with zero attached hydrogens (tertiary/aromatic N) is 1. The molecule has 0 spiro atoms. The number of methoxy groups -OCH3 is 2. The van der Waals surface area contributed by atoms with Crippen LogP contribution in [0.1, 0.15) is 21.5 Å². The van der Waals surface area contributed by atoms with E-state index in [9.17, 15) is 9.59 Å². The van der Waals surface area contributed by atoms with Gasteiger partial charge in [-0.05, 0) is 60.2 Å². The fraction of sp³-hybridized carbons (Fsp3) is 0.0870. The molecule has 3 aromatic rings. The smallest absolute Gasteiger partial charge is 0.248 e. The summed E-state index contributed by atoms with van der Waals surface area (Å²) in [5.41, 5.74) is 2.50. The van der Waals surface area contributed by atoms with E-state index in [1.165, 1.54) is 6.08 Å². The van der Waals surface area contributed by atoms with Crippen LogP contribution in [0.25, 0.3) is 6.08 Å². The standard InChI is InChI=1S/C23H20N2O4/c1-28-20-9-3-16(15-21(20)29-2)4-10-22(26)25-19-7-5-17(6-8-19)23(27)18-11-13-24-14-12-18/h3-15H,1-2H3,(H,25,26). The summed E-state index contributed by atoms with van der Waals surface area (Å²) in [5.74, 6) is 0.826. The number of hydrogen-bond donors (Lipinski definition) is 1. The van der Waals surface area contributed by atoms with Crippen molar-refractivity contribution in [2.24, 2.45) is 0 Å². The molecule has 0 aliphatic heterocycles. The third-order valence-corrected chi connectivity index (χ3v) is 4.19. The SMILES string of the molecule is COc1ccc(C=CC(=O)Nc2ccc(C(=O)c3ccncc3)cc2)cc1OC. The molecule has 29 heavy (non-hydrogen) atoms. The number of anilines is 1. The molecule has 0 atom stereocenters. The highest BCUT2D eigenvalue weighted by Crippen LogP contribution is 2.28. The molecule has 3 rings (SSSR count). The van der Waals surface area contributed by atoms with Gasteiger partial charge in [-0.1, -0.05) is 6.07 Å². The molecule has 0 unspecified atom stereocenters. The number of ether oxygens (including phenoxy) is 2. The van der Waals surface area contributed by atoms with E-state index < -0.39 is 0 Å². The minimum atomic E-state index is -0.284. The van der Waals surface area contributed by atoms with Crippen LogP contribution in [0.5, 0.6) is 11.5 Å². The van der Waals surface area contributed by atoms with Crippen LogP contribution < -0.4 is 14.8 Å². The number of benzene rings is 2. The summed E-state index contributed by atoms with van der Waals surface area (Å²) in [7, 11) is 3.12. The van der Waals surface area contributed by atoms with Gasteiger partial charge in [-0.25, -0.2) is 0 Å². The maximum atomic E-state index is 12.4. The zero-order valence-electron chi connectivity index (χ0n) is 16.1. The lowest BCUT2D eigenvalue weighted by atomic mass is 10.0. The van der Waals surface area contributed by atoms with Crippen molar-refractivity contribution < 1.29 is 19.1 Å². The van der Waals surface area contributed by atoms with Gasteiger partial charge in [-0.2, -0.15) is 0 Å². The lowest BCUT2D eigenvalue weighted by molar-refractivity contribution is -0.111. The van der Waals surface area contributed by atoms with Crippen molar-refractivity contribution in [3.8, 4) is 11.5 Å². The van der Waals surface area contributed by atoms with Gasteiger partial charge in [0.25, 0.3) is 0 Å². The summed E-state index contributed by atoms with van der Waals surface area (Å²) in [6.45, 7) is 0. The van der Waals surface area contributed by atoms with Crippen molar-refractivity contribution in [2.45, 2.75) is 0 Å². The van der Waals surface area contributed by atoms with Crippen LogP contribution in [-0.2, 0) is 4.79 Å². The Labute approximate surface area is 168 Å². The number of carbonyl (C=O) groups is 2. The summed E-state index contributed by atoms with van der Waals surface area (Å²) >= 11 is 0. The van der Waals surface area contributed by atoms with Crippen LogP contribution in [-0.4, -0.2) is 30.9 Å². The van der Waals surface area contributed by atoms with Crippen LogP contribution in [0.3, 0.4) is 0 Å². The van der Waals surface area contributed by atoms with Crippen LogP contribution in [0, 0.1) is 0 Å². The predicted octanol–water partition coefficient (Wildman–Crippen LogP) is 3.98. The van der Waals surface area contributed by atoms with E-state index in [1.807, 2.05) is 6.07 Å². The molecule has 0 radical (unpaired) electrons. The maximum Gasteiger partial charge on any atom is 0.248 e. The second-order valence-electron chi connectivity index (χ2n) is 6.08. The second-order valence-corrected chi connectivity index (χ2v) is 6.08. The molecule has 0 aliphatic carbocycles. The summed E-state index contributed by atoms with van der Waals surface area (Å²) in [6, 6.07) is 15.4. The predicted molar refractivity (Wildman–Crippen MR) is 111 cm³/mol. The van der Waals surface area contributed by atoms with Crippen molar-refractivity contribution in [3.05, 3.63) is 89.8 Å².